The second-order valence-corrected chi connectivity index (χ2v) is 5.86. The van der Waals surface area contributed by atoms with Crippen LogP contribution in [0.1, 0.15) is 22.3 Å². The maximum absolute atomic E-state index is 12.1. The molecule has 2 aromatic carbocycles. The quantitative estimate of drug-likeness (QED) is 0.911. The van der Waals surface area contributed by atoms with Crippen LogP contribution in [0, 0.1) is 25.2 Å². The summed E-state index contributed by atoms with van der Waals surface area (Å²) in [4.78, 5) is 12.1. The van der Waals surface area contributed by atoms with Gasteiger partial charge in [0, 0.05) is 4.47 Å². The molecular weight excluding hydrogens is 328 g/mol. The van der Waals surface area contributed by atoms with Crippen molar-refractivity contribution >= 4 is 27.5 Å². The smallest absolute Gasteiger partial charge is 0.228 e. The summed E-state index contributed by atoms with van der Waals surface area (Å²) in [5, 5.41) is 11.9. The van der Waals surface area contributed by atoms with Gasteiger partial charge in [-0.2, -0.15) is 5.26 Å². The van der Waals surface area contributed by atoms with Crippen LogP contribution in [0.4, 0.5) is 5.69 Å². The first-order valence-electron chi connectivity index (χ1n) is 6.55. The molecule has 4 heteroatoms. The Bertz CT molecular complexity index is 732. The van der Waals surface area contributed by atoms with Gasteiger partial charge in [-0.05, 0) is 48.7 Å². The number of nitrogens with zero attached hydrogens (tertiary/aromatic N) is 1. The number of carbonyl (C=O) groups is 1. The van der Waals surface area contributed by atoms with Crippen LogP contribution in [0.15, 0.2) is 40.9 Å². The van der Waals surface area contributed by atoms with Crippen molar-refractivity contribution in [2.24, 2.45) is 0 Å². The molecule has 0 fully saturated rings. The molecule has 3 nitrogen and oxygen atoms in total. The topological polar surface area (TPSA) is 52.9 Å². The Morgan fingerprint density at radius 3 is 2.62 bits per heavy atom. The summed E-state index contributed by atoms with van der Waals surface area (Å²) < 4.78 is 0.811. The zero-order valence-electron chi connectivity index (χ0n) is 11.9. The monoisotopic (exact) mass is 342 g/mol. The second-order valence-electron chi connectivity index (χ2n) is 4.95. The number of carbonyl (C=O) groups excluding carboxylic acids is 1. The molecule has 106 valence electrons. The fourth-order valence-electron chi connectivity index (χ4n) is 2.01. The number of benzene rings is 2. The largest absolute Gasteiger partial charge is 0.325 e. The van der Waals surface area contributed by atoms with Gasteiger partial charge in [-0.1, -0.05) is 34.1 Å². The first-order valence-corrected chi connectivity index (χ1v) is 7.34. The van der Waals surface area contributed by atoms with Crippen LogP contribution in [0.25, 0.3) is 0 Å². The zero-order chi connectivity index (χ0) is 15.4. The molecule has 2 aromatic rings. The third-order valence-electron chi connectivity index (χ3n) is 3.31. The molecule has 0 aliphatic carbocycles. The van der Waals surface area contributed by atoms with Crippen LogP contribution in [0.5, 0.6) is 0 Å². The zero-order valence-corrected chi connectivity index (χ0v) is 13.5. The molecule has 0 atom stereocenters. The summed E-state index contributed by atoms with van der Waals surface area (Å²) in [5.41, 5.74) is 4.32. The first kappa shape index (κ1) is 15.3. The number of hydrogen-bond donors (Lipinski definition) is 1. The van der Waals surface area contributed by atoms with E-state index in [9.17, 15) is 4.79 Å². The number of anilines is 1. The Labute approximate surface area is 132 Å². The summed E-state index contributed by atoms with van der Waals surface area (Å²) in [7, 11) is 0. The van der Waals surface area contributed by atoms with Gasteiger partial charge in [0.05, 0.1) is 17.7 Å². The molecule has 1 amide bonds. The van der Waals surface area contributed by atoms with Crippen molar-refractivity contribution in [3.63, 3.8) is 0 Å². The van der Waals surface area contributed by atoms with Crippen LogP contribution >= 0.6 is 15.9 Å². The molecule has 1 N–H and O–H groups in total. The summed E-state index contributed by atoms with van der Waals surface area (Å²) in [6.07, 6.45) is 0.294. The molecule has 21 heavy (non-hydrogen) atoms. The van der Waals surface area contributed by atoms with Gasteiger partial charge in [-0.3, -0.25) is 4.79 Å². The van der Waals surface area contributed by atoms with Crippen molar-refractivity contribution in [3.8, 4) is 6.07 Å². The highest BCUT2D eigenvalue weighted by Crippen LogP contribution is 2.20. The third-order valence-corrected chi connectivity index (χ3v) is 3.81. The number of nitrogens with one attached hydrogen (secondary N) is 1. The number of amides is 1. The molecule has 0 spiro atoms. The second kappa shape index (κ2) is 6.55. The lowest BCUT2D eigenvalue weighted by molar-refractivity contribution is -0.115. The SMILES string of the molecule is Cc1ccc(CC(=O)Nc2ccc(Br)cc2C#N)cc1C. The fourth-order valence-corrected chi connectivity index (χ4v) is 2.37. The lowest BCUT2D eigenvalue weighted by atomic mass is 10.0. The number of hydrogen-bond acceptors (Lipinski definition) is 2. The molecule has 0 aromatic heterocycles. The number of aryl methyl sites for hydroxylation is 2. The van der Waals surface area contributed by atoms with Crippen molar-refractivity contribution in [1.29, 1.82) is 5.26 Å². The normalized spacial score (nSPS) is 10.0. The van der Waals surface area contributed by atoms with E-state index in [4.69, 9.17) is 5.26 Å². The lowest BCUT2D eigenvalue weighted by Crippen LogP contribution is -2.15. The Hall–Kier alpha value is -2.12. The van der Waals surface area contributed by atoms with Crippen molar-refractivity contribution in [1.82, 2.24) is 0 Å². The van der Waals surface area contributed by atoms with Gasteiger partial charge < -0.3 is 5.32 Å². The Morgan fingerprint density at radius 2 is 1.95 bits per heavy atom. The van der Waals surface area contributed by atoms with Crippen LogP contribution in [-0.2, 0) is 11.2 Å². The maximum atomic E-state index is 12.1. The highest BCUT2D eigenvalue weighted by Gasteiger charge is 2.08. The Morgan fingerprint density at radius 1 is 1.19 bits per heavy atom. The average molecular weight is 343 g/mol. The van der Waals surface area contributed by atoms with Crippen LogP contribution < -0.4 is 5.32 Å². The van der Waals surface area contributed by atoms with E-state index in [1.54, 1.807) is 18.2 Å². The maximum Gasteiger partial charge on any atom is 0.228 e. The van der Waals surface area contributed by atoms with E-state index < -0.39 is 0 Å². The molecular formula is C17H15BrN2O. The van der Waals surface area contributed by atoms with E-state index in [0.717, 1.165) is 10.0 Å². The highest BCUT2D eigenvalue weighted by atomic mass is 79.9. The van der Waals surface area contributed by atoms with E-state index in [1.165, 1.54) is 11.1 Å². The highest BCUT2D eigenvalue weighted by molar-refractivity contribution is 9.10. The minimum absolute atomic E-state index is 0.128. The van der Waals surface area contributed by atoms with Gasteiger partial charge in [0.25, 0.3) is 0 Å². The molecule has 0 saturated heterocycles. The molecule has 2 rings (SSSR count). The molecule has 0 bridgehead atoms. The molecule has 0 saturated carbocycles. The number of nitriles is 1. The molecule has 0 unspecified atom stereocenters. The fraction of sp³-hybridized carbons (Fsp3) is 0.176. The van der Waals surface area contributed by atoms with E-state index in [0.29, 0.717) is 17.7 Å². The molecule has 0 radical (unpaired) electrons. The minimum atomic E-state index is -0.128. The van der Waals surface area contributed by atoms with E-state index in [2.05, 4.69) is 27.3 Å². The Balaban J connectivity index is 2.12. The van der Waals surface area contributed by atoms with E-state index >= 15 is 0 Å². The first-order chi connectivity index (χ1) is 9.99. The summed E-state index contributed by atoms with van der Waals surface area (Å²) in [6, 6.07) is 13.3. The van der Waals surface area contributed by atoms with Crippen LogP contribution in [0.2, 0.25) is 0 Å². The van der Waals surface area contributed by atoms with Gasteiger partial charge in [-0.15, -0.1) is 0 Å². The average Bonchev–Trinajstić information content (AvgIpc) is 2.44. The molecule has 0 aliphatic rings. The van der Waals surface area contributed by atoms with E-state index in [1.807, 2.05) is 32.0 Å². The van der Waals surface area contributed by atoms with Crippen molar-refractivity contribution in [2.75, 3.05) is 5.32 Å². The number of halogens is 1. The van der Waals surface area contributed by atoms with Gasteiger partial charge >= 0.3 is 0 Å². The van der Waals surface area contributed by atoms with Crippen LogP contribution in [-0.4, -0.2) is 5.91 Å². The van der Waals surface area contributed by atoms with Crippen molar-refractivity contribution in [3.05, 3.63) is 63.1 Å². The minimum Gasteiger partial charge on any atom is -0.325 e. The third kappa shape index (κ3) is 3.93. The summed E-state index contributed by atoms with van der Waals surface area (Å²) in [5.74, 6) is -0.128. The summed E-state index contributed by atoms with van der Waals surface area (Å²) >= 11 is 3.31. The number of rotatable bonds is 3. The van der Waals surface area contributed by atoms with Crippen molar-refractivity contribution < 1.29 is 4.79 Å². The molecule has 0 heterocycles. The standard InChI is InChI=1S/C17H15BrN2O/c1-11-3-4-13(7-12(11)2)8-17(21)20-16-6-5-15(18)9-14(16)10-19/h3-7,9H,8H2,1-2H3,(H,20,21). The predicted molar refractivity (Wildman–Crippen MR) is 87.1 cm³/mol. The Kier molecular flexibility index (Phi) is 4.77. The lowest BCUT2D eigenvalue weighted by Gasteiger charge is -2.08. The van der Waals surface area contributed by atoms with Crippen molar-refractivity contribution in [2.45, 2.75) is 20.3 Å². The predicted octanol–water partition coefficient (Wildman–Crippen LogP) is 4.12. The van der Waals surface area contributed by atoms with Gasteiger partial charge in [0.1, 0.15) is 6.07 Å². The van der Waals surface area contributed by atoms with E-state index in [-0.39, 0.29) is 5.91 Å². The van der Waals surface area contributed by atoms with Gasteiger partial charge in [-0.25, -0.2) is 0 Å². The molecule has 0 aliphatic heterocycles. The van der Waals surface area contributed by atoms with Gasteiger partial charge in [0.2, 0.25) is 5.91 Å². The van der Waals surface area contributed by atoms with Gasteiger partial charge in [0.15, 0.2) is 0 Å². The summed E-state index contributed by atoms with van der Waals surface area (Å²) in [6.45, 7) is 4.07. The van der Waals surface area contributed by atoms with Crippen LogP contribution in [0.3, 0.4) is 0 Å².